The number of likely N-dealkylation sites (N-methyl/N-ethyl adjacent to an activating group) is 1. The van der Waals surface area contributed by atoms with E-state index in [4.69, 9.17) is 0 Å². The Hall–Kier alpha value is -1.84. The van der Waals surface area contributed by atoms with Crippen LogP contribution >= 0.6 is 11.3 Å². The number of carbonyl (C=O) groups excluding carboxylic acids is 1. The molecule has 130 valence electrons. The van der Waals surface area contributed by atoms with E-state index in [9.17, 15) is 13.2 Å². The number of rotatable bonds is 8. The number of hydrogen-bond donors (Lipinski definition) is 1. The number of sulfone groups is 1. The zero-order chi connectivity index (χ0) is 17.6. The van der Waals surface area contributed by atoms with Gasteiger partial charge in [-0.15, -0.1) is 10.2 Å². The lowest BCUT2D eigenvalue weighted by Gasteiger charge is -2.06. The summed E-state index contributed by atoms with van der Waals surface area (Å²) in [5, 5.41) is 11.7. The molecule has 2 rings (SSSR count). The average molecular weight is 368 g/mol. The molecule has 7 nitrogen and oxygen atoms in total. The van der Waals surface area contributed by atoms with Crippen molar-refractivity contribution >= 4 is 32.2 Å². The summed E-state index contributed by atoms with van der Waals surface area (Å²) in [6.07, 6.45) is 0.632. The molecule has 0 saturated heterocycles. The van der Waals surface area contributed by atoms with Crippen molar-refractivity contribution in [3.63, 3.8) is 0 Å². The van der Waals surface area contributed by atoms with Crippen molar-refractivity contribution in [3.8, 4) is 0 Å². The first-order valence-corrected chi connectivity index (χ1v) is 9.88. The van der Waals surface area contributed by atoms with E-state index in [0.29, 0.717) is 5.13 Å². The molecule has 0 atom stereocenters. The second kappa shape index (κ2) is 8.32. The zero-order valence-electron chi connectivity index (χ0n) is 13.6. The van der Waals surface area contributed by atoms with Crippen molar-refractivity contribution < 1.29 is 13.2 Å². The van der Waals surface area contributed by atoms with Crippen LogP contribution in [-0.4, -0.2) is 55.8 Å². The molecule has 9 heteroatoms. The molecule has 1 aromatic carbocycles. The average Bonchev–Trinajstić information content (AvgIpc) is 2.99. The normalized spacial score (nSPS) is 11.6. The van der Waals surface area contributed by atoms with Gasteiger partial charge in [0.2, 0.25) is 11.0 Å². The molecule has 1 amide bonds. The quantitative estimate of drug-likeness (QED) is 0.758. The van der Waals surface area contributed by atoms with Gasteiger partial charge in [0, 0.05) is 19.4 Å². The second-order valence-electron chi connectivity index (χ2n) is 5.48. The molecule has 1 aromatic heterocycles. The number of amides is 1. The Balaban J connectivity index is 1.85. The molecule has 24 heavy (non-hydrogen) atoms. The molecule has 0 aliphatic rings. The first kappa shape index (κ1) is 18.5. The topological polar surface area (TPSA) is 92.3 Å². The smallest absolute Gasteiger partial charge is 0.227 e. The summed E-state index contributed by atoms with van der Waals surface area (Å²) in [5.41, 5.74) is 0. The third kappa shape index (κ3) is 5.66. The van der Waals surface area contributed by atoms with Crippen molar-refractivity contribution in [2.45, 2.75) is 17.7 Å². The highest BCUT2D eigenvalue weighted by Crippen LogP contribution is 2.17. The summed E-state index contributed by atoms with van der Waals surface area (Å²) in [4.78, 5) is 14.2. The third-order valence-corrected chi connectivity index (χ3v) is 5.82. The van der Waals surface area contributed by atoms with Crippen molar-refractivity contribution in [3.05, 3.63) is 35.3 Å². The van der Waals surface area contributed by atoms with Crippen molar-refractivity contribution in [1.29, 1.82) is 0 Å². The Morgan fingerprint density at radius 1 is 1.21 bits per heavy atom. The minimum Gasteiger partial charge on any atom is -0.309 e. The monoisotopic (exact) mass is 368 g/mol. The van der Waals surface area contributed by atoms with Crippen LogP contribution in [0.4, 0.5) is 5.13 Å². The van der Waals surface area contributed by atoms with Crippen LogP contribution in [0.1, 0.15) is 11.4 Å². The fraction of sp³-hybridized carbons (Fsp3) is 0.400. The number of aromatic nitrogens is 2. The van der Waals surface area contributed by atoms with E-state index in [2.05, 4.69) is 15.5 Å². The van der Waals surface area contributed by atoms with Gasteiger partial charge in [-0.05, 0) is 26.2 Å². The van der Waals surface area contributed by atoms with E-state index < -0.39 is 9.84 Å². The molecule has 1 N–H and O–H groups in total. The van der Waals surface area contributed by atoms with E-state index in [0.717, 1.165) is 18.0 Å². The maximum atomic E-state index is 12.1. The van der Waals surface area contributed by atoms with Gasteiger partial charge in [0.25, 0.3) is 0 Å². The number of benzene rings is 1. The molecule has 2 aromatic rings. The molecule has 0 radical (unpaired) electrons. The Kier molecular flexibility index (Phi) is 6.41. The Labute approximate surface area is 145 Å². The predicted molar refractivity (Wildman–Crippen MR) is 93.9 cm³/mol. The van der Waals surface area contributed by atoms with Crippen LogP contribution in [0.25, 0.3) is 0 Å². The fourth-order valence-electron chi connectivity index (χ4n) is 1.88. The molecule has 1 heterocycles. The highest BCUT2D eigenvalue weighted by molar-refractivity contribution is 7.91. The van der Waals surface area contributed by atoms with Crippen molar-refractivity contribution in [2.75, 3.05) is 31.7 Å². The highest BCUT2D eigenvalue weighted by atomic mass is 32.2. The van der Waals surface area contributed by atoms with E-state index in [1.807, 2.05) is 19.0 Å². The summed E-state index contributed by atoms with van der Waals surface area (Å²) in [7, 11) is 0.479. The fourth-order valence-corrected chi connectivity index (χ4v) is 3.89. The van der Waals surface area contributed by atoms with E-state index in [-0.39, 0.29) is 23.0 Å². The van der Waals surface area contributed by atoms with Gasteiger partial charge in [-0.2, -0.15) is 0 Å². The largest absolute Gasteiger partial charge is 0.309 e. The zero-order valence-corrected chi connectivity index (χ0v) is 15.2. The van der Waals surface area contributed by atoms with Crippen LogP contribution in [-0.2, 0) is 21.1 Å². The van der Waals surface area contributed by atoms with E-state index in [1.54, 1.807) is 18.2 Å². The maximum absolute atomic E-state index is 12.1. The van der Waals surface area contributed by atoms with Gasteiger partial charge in [0.15, 0.2) is 9.84 Å². The number of nitrogens with zero attached hydrogens (tertiary/aromatic N) is 3. The van der Waals surface area contributed by atoms with Crippen LogP contribution in [0.5, 0.6) is 0 Å². The molecule has 0 saturated carbocycles. The third-order valence-electron chi connectivity index (χ3n) is 3.19. The molecule has 0 aliphatic carbocycles. The minimum atomic E-state index is -3.46. The molecular weight excluding hydrogens is 348 g/mol. The molecule has 0 unspecified atom stereocenters. The van der Waals surface area contributed by atoms with Gasteiger partial charge < -0.3 is 10.2 Å². The summed E-state index contributed by atoms with van der Waals surface area (Å²) in [5.74, 6) is -0.625. The second-order valence-corrected chi connectivity index (χ2v) is 8.66. The number of nitrogens with one attached hydrogen (secondary N) is 1. The predicted octanol–water partition coefficient (Wildman–Crippen LogP) is 1.44. The van der Waals surface area contributed by atoms with Gasteiger partial charge in [-0.25, -0.2) is 8.42 Å². The lowest BCUT2D eigenvalue weighted by Crippen LogP contribution is -2.17. The highest BCUT2D eigenvalue weighted by Gasteiger charge is 2.17. The molecule has 0 fully saturated rings. The molecule has 0 bridgehead atoms. The van der Waals surface area contributed by atoms with E-state index in [1.165, 1.54) is 23.5 Å². The number of hydrogen-bond acceptors (Lipinski definition) is 7. The minimum absolute atomic E-state index is 0.121. The Morgan fingerprint density at radius 2 is 1.92 bits per heavy atom. The summed E-state index contributed by atoms with van der Waals surface area (Å²) in [6, 6.07) is 8.10. The van der Waals surface area contributed by atoms with Gasteiger partial charge in [0.05, 0.1) is 10.6 Å². The van der Waals surface area contributed by atoms with Crippen LogP contribution in [0.2, 0.25) is 0 Å². The van der Waals surface area contributed by atoms with E-state index >= 15 is 0 Å². The lowest BCUT2D eigenvalue weighted by molar-refractivity contribution is -0.115. The number of anilines is 1. The summed E-state index contributed by atoms with van der Waals surface area (Å²) in [6.45, 7) is 0.845. The Bertz CT molecular complexity index is 773. The Morgan fingerprint density at radius 3 is 2.58 bits per heavy atom. The summed E-state index contributed by atoms with van der Waals surface area (Å²) >= 11 is 1.30. The number of carbonyl (C=O) groups is 1. The van der Waals surface area contributed by atoms with Crippen LogP contribution in [0.15, 0.2) is 35.2 Å². The van der Waals surface area contributed by atoms with Gasteiger partial charge in [0.1, 0.15) is 5.01 Å². The van der Waals surface area contributed by atoms with Crippen LogP contribution in [0.3, 0.4) is 0 Å². The van der Waals surface area contributed by atoms with Crippen molar-refractivity contribution in [1.82, 2.24) is 15.1 Å². The molecule has 0 aliphatic heterocycles. The van der Waals surface area contributed by atoms with Crippen LogP contribution in [0, 0.1) is 0 Å². The van der Waals surface area contributed by atoms with Crippen LogP contribution < -0.4 is 5.32 Å². The molecular formula is C15H20N4O3S2. The standard InChI is InChI=1S/C15H20N4O3S2/c1-19(2)10-8-14-17-18-15(23-14)16-13(20)9-11-24(21,22)12-6-4-3-5-7-12/h3-7H,8-11H2,1-2H3,(H,16,18,20). The van der Waals surface area contributed by atoms with Gasteiger partial charge in [-0.1, -0.05) is 29.5 Å². The first-order chi connectivity index (χ1) is 11.4. The summed E-state index contributed by atoms with van der Waals surface area (Å²) < 4.78 is 24.3. The maximum Gasteiger partial charge on any atom is 0.227 e. The van der Waals surface area contributed by atoms with Crippen molar-refractivity contribution in [2.24, 2.45) is 0 Å². The van der Waals surface area contributed by atoms with Gasteiger partial charge >= 0.3 is 0 Å². The first-order valence-electron chi connectivity index (χ1n) is 7.41. The lowest BCUT2D eigenvalue weighted by atomic mass is 10.4. The molecule has 0 spiro atoms. The SMILES string of the molecule is CN(C)CCc1nnc(NC(=O)CCS(=O)(=O)c2ccccc2)s1. The van der Waals surface area contributed by atoms with Gasteiger partial charge in [-0.3, -0.25) is 4.79 Å².